The van der Waals surface area contributed by atoms with Gasteiger partial charge in [-0.05, 0) is 48.8 Å². The summed E-state index contributed by atoms with van der Waals surface area (Å²) in [5.74, 6) is -1.30. The van der Waals surface area contributed by atoms with Crippen LogP contribution in [0.4, 0.5) is 0 Å². The normalized spacial score (nSPS) is 26.3. The van der Waals surface area contributed by atoms with Gasteiger partial charge in [0.1, 0.15) is 0 Å². The largest absolute Gasteiger partial charge is 0.478 e. The first-order valence-corrected chi connectivity index (χ1v) is 7.95. The number of carboxylic acids is 1. The summed E-state index contributed by atoms with van der Waals surface area (Å²) >= 11 is 0. The van der Waals surface area contributed by atoms with Crippen LogP contribution in [0, 0.1) is 11.3 Å². The van der Waals surface area contributed by atoms with Crippen molar-refractivity contribution in [3.05, 3.63) is 34.9 Å². The van der Waals surface area contributed by atoms with Crippen LogP contribution in [0.25, 0.3) is 0 Å². The molecule has 0 spiro atoms. The van der Waals surface area contributed by atoms with Gasteiger partial charge in [0, 0.05) is 6.04 Å². The molecule has 0 bridgehead atoms. The van der Waals surface area contributed by atoms with Gasteiger partial charge in [0.25, 0.3) is 11.8 Å². The van der Waals surface area contributed by atoms with Crippen LogP contribution >= 0.6 is 0 Å². The molecule has 5 heteroatoms. The molecule has 2 aliphatic rings. The van der Waals surface area contributed by atoms with E-state index < -0.39 is 5.97 Å². The molecule has 2 atom stereocenters. The van der Waals surface area contributed by atoms with Crippen LogP contribution in [-0.4, -0.2) is 33.8 Å². The summed E-state index contributed by atoms with van der Waals surface area (Å²) in [6.07, 6.45) is 2.67. The first-order chi connectivity index (χ1) is 10.7. The quantitative estimate of drug-likeness (QED) is 0.850. The Hall–Kier alpha value is -2.17. The number of carboxylic acid groups (broad SMARTS) is 1. The number of carbonyl (C=O) groups is 3. The van der Waals surface area contributed by atoms with Crippen LogP contribution < -0.4 is 0 Å². The Kier molecular flexibility index (Phi) is 3.54. The maximum absolute atomic E-state index is 12.7. The lowest BCUT2D eigenvalue weighted by Crippen LogP contribution is -2.46. The number of fused-ring (bicyclic) bond motifs is 1. The van der Waals surface area contributed by atoms with Gasteiger partial charge in [0.2, 0.25) is 0 Å². The number of amides is 2. The van der Waals surface area contributed by atoms with Crippen molar-refractivity contribution in [1.82, 2.24) is 4.90 Å². The smallest absolute Gasteiger partial charge is 0.335 e. The fraction of sp³-hybridized carbons (Fsp3) is 0.500. The van der Waals surface area contributed by atoms with Gasteiger partial charge in [-0.2, -0.15) is 0 Å². The zero-order valence-electron chi connectivity index (χ0n) is 13.6. The van der Waals surface area contributed by atoms with Crippen LogP contribution in [0.3, 0.4) is 0 Å². The summed E-state index contributed by atoms with van der Waals surface area (Å²) in [5.41, 5.74) is 0.648. The van der Waals surface area contributed by atoms with Gasteiger partial charge in [-0.15, -0.1) is 0 Å². The van der Waals surface area contributed by atoms with Crippen molar-refractivity contribution >= 4 is 17.8 Å². The first kappa shape index (κ1) is 15.7. The molecule has 0 saturated heterocycles. The van der Waals surface area contributed by atoms with Crippen molar-refractivity contribution in [2.24, 2.45) is 11.3 Å². The topological polar surface area (TPSA) is 74.7 Å². The van der Waals surface area contributed by atoms with Gasteiger partial charge in [-0.1, -0.05) is 20.8 Å². The standard InChI is InChI=1S/C18H21NO4/c1-10-6-12(9-18(2,3)8-10)19-15(20)13-5-4-11(17(22)23)7-14(13)16(19)21/h4-5,7,10,12H,6,8-9H2,1-3H3,(H,22,23). The molecule has 1 aromatic carbocycles. The lowest BCUT2D eigenvalue weighted by atomic mass is 9.70. The molecule has 1 fully saturated rings. The highest BCUT2D eigenvalue weighted by Gasteiger charge is 2.44. The lowest BCUT2D eigenvalue weighted by molar-refractivity contribution is 0.0410. The van der Waals surface area contributed by atoms with Gasteiger partial charge < -0.3 is 5.11 Å². The van der Waals surface area contributed by atoms with E-state index in [9.17, 15) is 14.4 Å². The Balaban J connectivity index is 1.95. The zero-order valence-corrected chi connectivity index (χ0v) is 13.6. The van der Waals surface area contributed by atoms with E-state index in [-0.39, 0.29) is 34.4 Å². The molecule has 2 unspecified atom stereocenters. The lowest BCUT2D eigenvalue weighted by Gasteiger charge is -2.41. The van der Waals surface area contributed by atoms with E-state index in [1.165, 1.54) is 23.1 Å². The third-order valence-corrected chi connectivity index (χ3v) is 4.89. The Bertz CT molecular complexity index is 707. The van der Waals surface area contributed by atoms with Gasteiger partial charge in [-0.3, -0.25) is 14.5 Å². The molecule has 122 valence electrons. The van der Waals surface area contributed by atoms with Gasteiger partial charge in [0.15, 0.2) is 0 Å². The number of hydrogen-bond acceptors (Lipinski definition) is 3. The van der Waals surface area contributed by atoms with E-state index in [0.717, 1.165) is 19.3 Å². The number of imide groups is 1. The highest BCUT2D eigenvalue weighted by molar-refractivity contribution is 6.22. The zero-order chi connectivity index (χ0) is 16.9. The number of benzene rings is 1. The summed E-state index contributed by atoms with van der Waals surface area (Å²) in [4.78, 5) is 37.8. The molecule has 1 aliphatic carbocycles. The molecular formula is C18H21NO4. The van der Waals surface area contributed by atoms with Crippen LogP contribution in [0.1, 0.15) is 71.1 Å². The molecule has 3 rings (SSSR count). The van der Waals surface area contributed by atoms with Gasteiger partial charge in [-0.25, -0.2) is 4.79 Å². The fourth-order valence-corrected chi connectivity index (χ4v) is 4.22. The predicted octanol–water partition coefficient (Wildman–Crippen LogP) is 3.20. The van der Waals surface area contributed by atoms with E-state index in [0.29, 0.717) is 11.5 Å². The van der Waals surface area contributed by atoms with Crippen molar-refractivity contribution in [3.8, 4) is 0 Å². The predicted molar refractivity (Wildman–Crippen MR) is 84.5 cm³/mol. The van der Waals surface area contributed by atoms with Crippen molar-refractivity contribution < 1.29 is 19.5 Å². The number of aromatic carboxylic acids is 1. The Morgan fingerprint density at radius 1 is 1.17 bits per heavy atom. The number of hydrogen-bond donors (Lipinski definition) is 1. The Labute approximate surface area is 135 Å². The van der Waals surface area contributed by atoms with Gasteiger partial charge in [0.05, 0.1) is 16.7 Å². The van der Waals surface area contributed by atoms with Crippen molar-refractivity contribution in [2.45, 2.75) is 46.1 Å². The molecule has 1 heterocycles. The second-order valence-corrected chi connectivity index (χ2v) is 7.61. The molecule has 0 aromatic heterocycles. The average molecular weight is 315 g/mol. The minimum atomic E-state index is -1.10. The van der Waals surface area contributed by atoms with E-state index in [1.807, 2.05) is 0 Å². The molecule has 2 amide bonds. The number of rotatable bonds is 2. The monoisotopic (exact) mass is 315 g/mol. The average Bonchev–Trinajstić information content (AvgIpc) is 2.68. The van der Waals surface area contributed by atoms with Gasteiger partial charge >= 0.3 is 5.97 Å². The number of nitrogens with zero attached hydrogens (tertiary/aromatic N) is 1. The van der Waals surface area contributed by atoms with Crippen molar-refractivity contribution in [3.63, 3.8) is 0 Å². The molecule has 5 nitrogen and oxygen atoms in total. The molecular weight excluding hydrogens is 294 g/mol. The first-order valence-electron chi connectivity index (χ1n) is 7.95. The van der Waals surface area contributed by atoms with Crippen LogP contribution in [0.5, 0.6) is 0 Å². The van der Waals surface area contributed by atoms with E-state index >= 15 is 0 Å². The fourth-order valence-electron chi connectivity index (χ4n) is 4.22. The minimum Gasteiger partial charge on any atom is -0.478 e. The second kappa shape index (κ2) is 5.18. The van der Waals surface area contributed by atoms with E-state index in [4.69, 9.17) is 5.11 Å². The summed E-state index contributed by atoms with van der Waals surface area (Å²) < 4.78 is 0. The Morgan fingerprint density at radius 3 is 2.43 bits per heavy atom. The third-order valence-electron chi connectivity index (χ3n) is 4.89. The summed E-state index contributed by atoms with van der Waals surface area (Å²) in [5, 5.41) is 9.08. The van der Waals surface area contributed by atoms with E-state index in [1.54, 1.807) is 0 Å². The molecule has 1 N–H and O–H groups in total. The molecule has 0 radical (unpaired) electrons. The highest BCUT2D eigenvalue weighted by Crippen LogP contribution is 2.42. The maximum atomic E-state index is 12.7. The summed E-state index contributed by atoms with van der Waals surface area (Å²) in [6, 6.07) is 4.03. The molecule has 1 aromatic rings. The Morgan fingerprint density at radius 2 is 1.83 bits per heavy atom. The third kappa shape index (κ3) is 2.64. The highest BCUT2D eigenvalue weighted by atomic mass is 16.4. The maximum Gasteiger partial charge on any atom is 0.335 e. The van der Waals surface area contributed by atoms with Crippen LogP contribution in [0.15, 0.2) is 18.2 Å². The summed E-state index contributed by atoms with van der Waals surface area (Å²) in [6.45, 7) is 6.47. The second-order valence-electron chi connectivity index (χ2n) is 7.61. The molecule has 23 heavy (non-hydrogen) atoms. The molecule has 1 aliphatic heterocycles. The van der Waals surface area contributed by atoms with E-state index in [2.05, 4.69) is 20.8 Å². The number of carbonyl (C=O) groups excluding carboxylic acids is 2. The molecule has 1 saturated carbocycles. The van der Waals surface area contributed by atoms with Crippen LogP contribution in [-0.2, 0) is 0 Å². The minimum absolute atomic E-state index is 0.0316. The summed E-state index contributed by atoms with van der Waals surface area (Å²) in [7, 11) is 0. The van der Waals surface area contributed by atoms with Crippen molar-refractivity contribution in [1.29, 1.82) is 0 Å². The SMILES string of the molecule is CC1CC(N2C(=O)c3ccc(C(=O)O)cc3C2=O)CC(C)(C)C1. The van der Waals surface area contributed by atoms with Crippen LogP contribution in [0.2, 0.25) is 0 Å². The van der Waals surface area contributed by atoms with Crippen molar-refractivity contribution in [2.75, 3.05) is 0 Å².